The van der Waals surface area contributed by atoms with E-state index in [1.807, 2.05) is 0 Å². The van der Waals surface area contributed by atoms with Crippen LogP contribution in [0.5, 0.6) is 5.75 Å². The maximum Gasteiger partial charge on any atom is 0.119 e. The summed E-state index contributed by atoms with van der Waals surface area (Å²) in [5, 5.41) is 3.55. The van der Waals surface area contributed by atoms with Crippen molar-refractivity contribution in [1.29, 1.82) is 0 Å². The van der Waals surface area contributed by atoms with Gasteiger partial charge in [0, 0.05) is 6.04 Å². The Labute approximate surface area is 91.6 Å². The average Bonchev–Trinajstić information content (AvgIpc) is 2.69. The molecule has 1 heterocycles. The normalized spacial score (nSPS) is 20.6. The van der Waals surface area contributed by atoms with Crippen LogP contribution < -0.4 is 10.1 Å². The highest BCUT2D eigenvalue weighted by Crippen LogP contribution is 2.31. The first-order valence-electron chi connectivity index (χ1n) is 5.61. The Hall–Kier alpha value is -1.02. The van der Waals surface area contributed by atoms with Gasteiger partial charge in [0.05, 0.1) is 7.11 Å². The average molecular weight is 205 g/mol. The van der Waals surface area contributed by atoms with Gasteiger partial charge in [-0.3, -0.25) is 0 Å². The van der Waals surface area contributed by atoms with Gasteiger partial charge in [0.15, 0.2) is 0 Å². The van der Waals surface area contributed by atoms with Gasteiger partial charge in [0.25, 0.3) is 0 Å². The van der Waals surface area contributed by atoms with Crippen LogP contribution >= 0.6 is 0 Å². The molecule has 1 unspecified atom stereocenters. The molecule has 2 heteroatoms. The summed E-state index contributed by atoms with van der Waals surface area (Å²) >= 11 is 0. The highest BCUT2D eigenvalue weighted by atomic mass is 16.5. The van der Waals surface area contributed by atoms with Crippen molar-refractivity contribution in [2.45, 2.75) is 32.7 Å². The Balaban J connectivity index is 2.37. The molecule has 1 atom stereocenters. The zero-order valence-electron chi connectivity index (χ0n) is 9.76. The second-order valence-electron chi connectivity index (χ2n) is 4.32. The SMILES string of the molecule is COc1cc(C)c(C2CCCN2)c(C)c1. The van der Waals surface area contributed by atoms with Crippen molar-refractivity contribution >= 4 is 0 Å². The molecule has 0 bridgehead atoms. The van der Waals surface area contributed by atoms with Crippen molar-refractivity contribution in [1.82, 2.24) is 5.32 Å². The van der Waals surface area contributed by atoms with Crippen LogP contribution in [-0.4, -0.2) is 13.7 Å². The Morgan fingerprint density at radius 1 is 1.27 bits per heavy atom. The van der Waals surface area contributed by atoms with E-state index in [4.69, 9.17) is 4.74 Å². The maximum absolute atomic E-state index is 5.27. The fraction of sp³-hybridized carbons (Fsp3) is 0.538. The van der Waals surface area contributed by atoms with Crippen LogP contribution in [-0.2, 0) is 0 Å². The molecule has 1 aromatic carbocycles. The van der Waals surface area contributed by atoms with E-state index in [1.54, 1.807) is 7.11 Å². The monoisotopic (exact) mass is 205 g/mol. The fourth-order valence-corrected chi connectivity index (χ4v) is 2.53. The molecule has 1 fully saturated rings. The lowest BCUT2D eigenvalue weighted by molar-refractivity contribution is 0.413. The summed E-state index contributed by atoms with van der Waals surface area (Å²) in [4.78, 5) is 0. The molecule has 82 valence electrons. The van der Waals surface area contributed by atoms with Crippen molar-refractivity contribution < 1.29 is 4.74 Å². The first kappa shape index (κ1) is 10.5. The number of rotatable bonds is 2. The molecule has 0 amide bonds. The summed E-state index contributed by atoms with van der Waals surface area (Å²) in [6.07, 6.45) is 2.55. The molecule has 1 N–H and O–H groups in total. The molecular formula is C13H19NO. The number of nitrogens with one attached hydrogen (secondary N) is 1. The predicted octanol–water partition coefficient (Wildman–Crippen LogP) is 2.74. The highest BCUT2D eigenvalue weighted by Gasteiger charge is 2.20. The van der Waals surface area contributed by atoms with Crippen LogP contribution in [0.3, 0.4) is 0 Å². The first-order valence-corrected chi connectivity index (χ1v) is 5.61. The fourth-order valence-electron chi connectivity index (χ4n) is 2.53. The number of benzene rings is 1. The summed E-state index contributed by atoms with van der Waals surface area (Å²) < 4.78 is 5.27. The molecule has 0 spiro atoms. The standard InChI is InChI=1S/C13H19NO/c1-9-7-11(15-3)8-10(2)13(9)12-5-4-6-14-12/h7-8,12,14H,4-6H2,1-3H3. The smallest absolute Gasteiger partial charge is 0.119 e. The Kier molecular flexibility index (Phi) is 2.96. The summed E-state index contributed by atoms with van der Waals surface area (Å²) in [6.45, 7) is 5.49. The van der Waals surface area contributed by atoms with Crippen LogP contribution in [0.1, 0.15) is 35.6 Å². The Bertz CT molecular complexity index is 331. The zero-order valence-corrected chi connectivity index (χ0v) is 9.76. The van der Waals surface area contributed by atoms with E-state index in [0.717, 1.165) is 12.3 Å². The van der Waals surface area contributed by atoms with Gasteiger partial charge in [-0.15, -0.1) is 0 Å². The van der Waals surface area contributed by atoms with Crippen LogP contribution in [0.4, 0.5) is 0 Å². The maximum atomic E-state index is 5.27. The minimum Gasteiger partial charge on any atom is -0.497 e. The van der Waals surface area contributed by atoms with Gasteiger partial charge >= 0.3 is 0 Å². The van der Waals surface area contributed by atoms with Crippen LogP contribution in [0.25, 0.3) is 0 Å². The minimum absolute atomic E-state index is 0.552. The lowest BCUT2D eigenvalue weighted by Crippen LogP contribution is -2.15. The molecule has 0 aliphatic carbocycles. The van der Waals surface area contributed by atoms with E-state index >= 15 is 0 Å². The molecular weight excluding hydrogens is 186 g/mol. The third-order valence-corrected chi connectivity index (χ3v) is 3.21. The van der Waals surface area contributed by atoms with Gasteiger partial charge in [-0.25, -0.2) is 0 Å². The molecule has 1 saturated heterocycles. The van der Waals surface area contributed by atoms with Gasteiger partial charge in [-0.1, -0.05) is 0 Å². The summed E-state index contributed by atoms with van der Waals surface area (Å²) in [5.41, 5.74) is 4.14. The van der Waals surface area contributed by atoms with Crippen molar-refractivity contribution in [3.63, 3.8) is 0 Å². The third-order valence-electron chi connectivity index (χ3n) is 3.21. The van der Waals surface area contributed by atoms with E-state index in [2.05, 4.69) is 31.3 Å². The molecule has 15 heavy (non-hydrogen) atoms. The summed E-state index contributed by atoms with van der Waals surface area (Å²) in [6, 6.07) is 4.81. The third kappa shape index (κ3) is 2.00. The number of hydrogen-bond acceptors (Lipinski definition) is 2. The minimum atomic E-state index is 0.552. The van der Waals surface area contributed by atoms with E-state index in [0.29, 0.717) is 6.04 Å². The quantitative estimate of drug-likeness (QED) is 0.801. The van der Waals surface area contributed by atoms with Crippen LogP contribution in [0.15, 0.2) is 12.1 Å². The number of methoxy groups -OCH3 is 1. The van der Waals surface area contributed by atoms with Gasteiger partial charge in [-0.2, -0.15) is 0 Å². The molecule has 0 aromatic heterocycles. The largest absolute Gasteiger partial charge is 0.497 e. The first-order chi connectivity index (χ1) is 7.22. The van der Waals surface area contributed by atoms with Gasteiger partial charge < -0.3 is 10.1 Å². The van der Waals surface area contributed by atoms with Gasteiger partial charge in [-0.05, 0) is 62.1 Å². The van der Waals surface area contributed by atoms with Crippen molar-refractivity contribution in [2.75, 3.05) is 13.7 Å². The van der Waals surface area contributed by atoms with E-state index in [9.17, 15) is 0 Å². The van der Waals surface area contributed by atoms with E-state index < -0.39 is 0 Å². The topological polar surface area (TPSA) is 21.3 Å². The Morgan fingerprint density at radius 3 is 2.40 bits per heavy atom. The summed E-state index contributed by atoms with van der Waals surface area (Å²) in [5.74, 6) is 0.965. The van der Waals surface area contributed by atoms with E-state index in [1.165, 1.54) is 29.5 Å². The Morgan fingerprint density at radius 2 is 1.93 bits per heavy atom. The van der Waals surface area contributed by atoms with Crippen LogP contribution in [0, 0.1) is 13.8 Å². The number of aryl methyl sites for hydroxylation is 2. The zero-order chi connectivity index (χ0) is 10.8. The lowest BCUT2D eigenvalue weighted by Gasteiger charge is -2.18. The number of ether oxygens (including phenoxy) is 1. The molecule has 2 nitrogen and oxygen atoms in total. The van der Waals surface area contributed by atoms with E-state index in [-0.39, 0.29) is 0 Å². The summed E-state index contributed by atoms with van der Waals surface area (Å²) in [7, 11) is 1.72. The second-order valence-corrected chi connectivity index (χ2v) is 4.32. The van der Waals surface area contributed by atoms with Crippen molar-refractivity contribution in [3.8, 4) is 5.75 Å². The van der Waals surface area contributed by atoms with Crippen molar-refractivity contribution in [2.24, 2.45) is 0 Å². The highest BCUT2D eigenvalue weighted by molar-refractivity contribution is 5.43. The molecule has 1 aliphatic heterocycles. The molecule has 0 radical (unpaired) electrons. The van der Waals surface area contributed by atoms with Crippen molar-refractivity contribution in [3.05, 3.63) is 28.8 Å². The molecule has 2 rings (SSSR count). The molecule has 0 saturated carbocycles. The van der Waals surface area contributed by atoms with Gasteiger partial charge in [0.2, 0.25) is 0 Å². The molecule has 1 aliphatic rings. The van der Waals surface area contributed by atoms with Crippen LogP contribution in [0.2, 0.25) is 0 Å². The predicted molar refractivity (Wildman–Crippen MR) is 62.4 cm³/mol. The second kappa shape index (κ2) is 4.23. The van der Waals surface area contributed by atoms with Gasteiger partial charge in [0.1, 0.15) is 5.75 Å². The molecule has 1 aromatic rings. The number of hydrogen-bond donors (Lipinski definition) is 1. The lowest BCUT2D eigenvalue weighted by atomic mass is 9.95.